The van der Waals surface area contributed by atoms with Gasteiger partial charge in [-0.2, -0.15) is 5.10 Å². The van der Waals surface area contributed by atoms with E-state index >= 15 is 0 Å². The van der Waals surface area contributed by atoms with Gasteiger partial charge in [0, 0.05) is 11.4 Å². The van der Waals surface area contributed by atoms with Crippen molar-refractivity contribution in [2.45, 2.75) is 38.1 Å². The van der Waals surface area contributed by atoms with Crippen LogP contribution >= 0.6 is 31.9 Å². The van der Waals surface area contributed by atoms with Gasteiger partial charge in [-0.1, -0.05) is 46.3 Å². The van der Waals surface area contributed by atoms with E-state index in [0.29, 0.717) is 4.83 Å². The molecule has 102 valence electrons. The number of rotatable bonds is 5. The van der Waals surface area contributed by atoms with Crippen molar-refractivity contribution in [3.63, 3.8) is 0 Å². The van der Waals surface area contributed by atoms with Crippen LogP contribution in [0.15, 0.2) is 34.8 Å². The van der Waals surface area contributed by atoms with E-state index in [1.165, 1.54) is 11.3 Å². The Hall–Kier alpha value is -0.610. The average Bonchev–Trinajstić information content (AvgIpc) is 2.72. The van der Waals surface area contributed by atoms with Crippen LogP contribution in [0.1, 0.15) is 35.1 Å². The van der Waals surface area contributed by atoms with Gasteiger partial charge in [0.15, 0.2) is 0 Å². The minimum Gasteiger partial charge on any atom is -0.268 e. The minimum absolute atomic E-state index is 0.390. The second-order valence-corrected chi connectivity index (χ2v) is 6.48. The lowest BCUT2D eigenvalue weighted by Crippen LogP contribution is -2.04. The third kappa shape index (κ3) is 3.48. The number of halogens is 2. The average molecular weight is 386 g/mol. The SMILES string of the molecule is CCn1nc(C)c(Br)c1CCC(Br)c1ccccc1. The molecule has 0 aliphatic rings. The van der Waals surface area contributed by atoms with Gasteiger partial charge in [0.2, 0.25) is 0 Å². The molecule has 0 N–H and O–H groups in total. The van der Waals surface area contributed by atoms with Crippen LogP contribution in [0.3, 0.4) is 0 Å². The molecule has 0 saturated carbocycles. The molecule has 1 heterocycles. The Morgan fingerprint density at radius 3 is 2.58 bits per heavy atom. The highest BCUT2D eigenvalue weighted by atomic mass is 79.9. The first-order valence-corrected chi connectivity index (χ1v) is 8.25. The molecule has 2 nitrogen and oxygen atoms in total. The molecule has 0 aliphatic carbocycles. The molecule has 1 aromatic heterocycles. The first-order chi connectivity index (χ1) is 9.13. The molecule has 0 fully saturated rings. The fraction of sp³-hybridized carbons (Fsp3) is 0.400. The zero-order chi connectivity index (χ0) is 13.8. The predicted molar refractivity (Wildman–Crippen MR) is 86.8 cm³/mol. The molecule has 0 saturated heterocycles. The number of hydrogen-bond acceptors (Lipinski definition) is 1. The van der Waals surface area contributed by atoms with Crippen molar-refractivity contribution in [1.29, 1.82) is 0 Å². The highest BCUT2D eigenvalue weighted by molar-refractivity contribution is 9.10. The Labute approximate surface area is 131 Å². The van der Waals surface area contributed by atoms with Gasteiger partial charge in [0.05, 0.1) is 15.9 Å². The second-order valence-electron chi connectivity index (χ2n) is 4.58. The quantitative estimate of drug-likeness (QED) is 0.659. The summed E-state index contributed by atoms with van der Waals surface area (Å²) in [5.41, 5.74) is 3.70. The maximum atomic E-state index is 4.53. The summed E-state index contributed by atoms with van der Waals surface area (Å²) in [6.45, 7) is 5.09. The van der Waals surface area contributed by atoms with Gasteiger partial charge in [-0.05, 0) is 48.2 Å². The summed E-state index contributed by atoms with van der Waals surface area (Å²) in [5.74, 6) is 0. The zero-order valence-corrected chi connectivity index (χ0v) is 14.4. The smallest absolute Gasteiger partial charge is 0.0738 e. The van der Waals surface area contributed by atoms with Crippen molar-refractivity contribution in [3.05, 3.63) is 51.8 Å². The largest absolute Gasteiger partial charge is 0.268 e. The fourth-order valence-electron chi connectivity index (χ4n) is 2.20. The van der Waals surface area contributed by atoms with Crippen molar-refractivity contribution in [2.24, 2.45) is 0 Å². The Morgan fingerprint density at radius 1 is 1.26 bits per heavy atom. The minimum atomic E-state index is 0.390. The van der Waals surface area contributed by atoms with Crippen LogP contribution in [0.4, 0.5) is 0 Å². The summed E-state index contributed by atoms with van der Waals surface area (Å²) < 4.78 is 3.24. The molecule has 19 heavy (non-hydrogen) atoms. The maximum Gasteiger partial charge on any atom is 0.0738 e. The molecule has 1 atom stereocenters. The third-order valence-electron chi connectivity index (χ3n) is 3.25. The van der Waals surface area contributed by atoms with Gasteiger partial charge in [-0.25, -0.2) is 0 Å². The highest BCUT2D eigenvalue weighted by Crippen LogP contribution is 2.30. The van der Waals surface area contributed by atoms with Gasteiger partial charge in [0.25, 0.3) is 0 Å². The molecule has 0 amide bonds. The normalized spacial score (nSPS) is 12.6. The van der Waals surface area contributed by atoms with Gasteiger partial charge in [-0.15, -0.1) is 0 Å². The molecule has 2 rings (SSSR count). The molecule has 0 radical (unpaired) electrons. The van der Waals surface area contributed by atoms with Crippen LogP contribution in [-0.4, -0.2) is 9.78 Å². The van der Waals surface area contributed by atoms with Gasteiger partial charge in [-0.3, -0.25) is 4.68 Å². The Morgan fingerprint density at radius 2 is 1.95 bits per heavy atom. The Balaban J connectivity index is 2.07. The fourth-order valence-corrected chi connectivity index (χ4v) is 3.22. The summed E-state index contributed by atoms with van der Waals surface area (Å²) in [6.07, 6.45) is 2.08. The number of hydrogen-bond donors (Lipinski definition) is 0. The van der Waals surface area contributed by atoms with Crippen molar-refractivity contribution in [2.75, 3.05) is 0 Å². The summed E-state index contributed by atoms with van der Waals surface area (Å²) in [7, 11) is 0. The van der Waals surface area contributed by atoms with Crippen molar-refractivity contribution in [3.8, 4) is 0 Å². The van der Waals surface area contributed by atoms with E-state index in [4.69, 9.17) is 0 Å². The molecule has 2 aromatic rings. The van der Waals surface area contributed by atoms with Crippen LogP contribution in [0.25, 0.3) is 0 Å². The van der Waals surface area contributed by atoms with Gasteiger partial charge >= 0.3 is 0 Å². The second kappa shape index (κ2) is 6.71. The molecule has 0 bridgehead atoms. The van der Waals surface area contributed by atoms with Crippen LogP contribution in [0, 0.1) is 6.92 Å². The lowest BCUT2D eigenvalue weighted by Gasteiger charge is -2.11. The zero-order valence-electron chi connectivity index (χ0n) is 11.2. The van der Waals surface area contributed by atoms with E-state index in [9.17, 15) is 0 Å². The Kier molecular flexibility index (Phi) is 5.22. The topological polar surface area (TPSA) is 17.8 Å². The number of benzene rings is 1. The molecule has 1 aromatic carbocycles. The number of aryl methyl sites for hydroxylation is 2. The van der Waals surface area contributed by atoms with Gasteiger partial charge in [0.1, 0.15) is 0 Å². The standard InChI is InChI=1S/C15H18Br2N2/c1-3-19-14(15(17)11(2)18-19)10-9-13(16)12-7-5-4-6-8-12/h4-8,13H,3,9-10H2,1-2H3. The Bertz CT molecular complexity index is 535. The van der Waals surface area contributed by atoms with E-state index in [2.05, 4.69) is 78.9 Å². The molecule has 4 heteroatoms. The molecule has 0 aliphatic heterocycles. The van der Waals surface area contributed by atoms with E-state index in [0.717, 1.165) is 29.6 Å². The summed E-state index contributed by atoms with van der Waals surface area (Å²) in [5, 5.41) is 4.53. The van der Waals surface area contributed by atoms with Crippen molar-refractivity contribution >= 4 is 31.9 Å². The third-order valence-corrected chi connectivity index (χ3v) is 5.27. The predicted octanol–water partition coefficient (Wildman–Crippen LogP) is 5.04. The molecule has 1 unspecified atom stereocenters. The van der Waals surface area contributed by atoms with E-state index in [1.54, 1.807) is 0 Å². The lowest BCUT2D eigenvalue weighted by atomic mass is 10.1. The van der Waals surface area contributed by atoms with Crippen LogP contribution in [0.5, 0.6) is 0 Å². The van der Waals surface area contributed by atoms with E-state index in [-0.39, 0.29) is 0 Å². The first-order valence-electron chi connectivity index (χ1n) is 6.54. The van der Waals surface area contributed by atoms with Crippen molar-refractivity contribution < 1.29 is 0 Å². The number of aromatic nitrogens is 2. The lowest BCUT2D eigenvalue weighted by molar-refractivity contribution is 0.604. The highest BCUT2D eigenvalue weighted by Gasteiger charge is 2.14. The maximum absolute atomic E-state index is 4.53. The summed E-state index contributed by atoms with van der Waals surface area (Å²) in [6, 6.07) is 10.5. The van der Waals surface area contributed by atoms with Crippen LogP contribution < -0.4 is 0 Å². The summed E-state index contributed by atoms with van der Waals surface area (Å²) >= 11 is 7.43. The van der Waals surface area contributed by atoms with Gasteiger partial charge < -0.3 is 0 Å². The molecule has 0 spiro atoms. The van der Waals surface area contributed by atoms with E-state index < -0.39 is 0 Å². The van der Waals surface area contributed by atoms with E-state index in [1.807, 2.05) is 6.92 Å². The molecular weight excluding hydrogens is 368 g/mol. The van der Waals surface area contributed by atoms with Crippen molar-refractivity contribution in [1.82, 2.24) is 9.78 Å². The monoisotopic (exact) mass is 384 g/mol. The number of alkyl halides is 1. The first kappa shape index (κ1) is 14.8. The van der Waals surface area contributed by atoms with Crippen LogP contribution in [0.2, 0.25) is 0 Å². The van der Waals surface area contributed by atoms with Crippen LogP contribution in [-0.2, 0) is 13.0 Å². The molecular formula is C15H18Br2N2. The summed E-state index contributed by atoms with van der Waals surface area (Å²) in [4.78, 5) is 0.390. The number of nitrogens with zero attached hydrogens (tertiary/aromatic N) is 2.